The number of esters is 1. The molecule has 21 heavy (non-hydrogen) atoms. The molecule has 108 valence electrons. The van der Waals surface area contributed by atoms with E-state index in [2.05, 4.69) is 5.32 Å². The van der Waals surface area contributed by atoms with Gasteiger partial charge in [0.1, 0.15) is 6.10 Å². The van der Waals surface area contributed by atoms with Gasteiger partial charge in [0, 0.05) is 12.2 Å². The zero-order chi connectivity index (χ0) is 14.7. The number of carbonyl (C=O) groups excluding carboxylic acids is 1. The fourth-order valence-electron chi connectivity index (χ4n) is 2.72. The fourth-order valence-corrected chi connectivity index (χ4v) is 2.72. The van der Waals surface area contributed by atoms with E-state index < -0.39 is 0 Å². The van der Waals surface area contributed by atoms with Crippen LogP contribution in [0.2, 0.25) is 0 Å². The Balaban J connectivity index is 1.80. The minimum Gasteiger partial charge on any atom is -0.454 e. The summed E-state index contributed by atoms with van der Waals surface area (Å²) in [5.41, 5.74) is 3.83. The largest absolute Gasteiger partial charge is 0.454 e. The van der Waals surface area contributed by atoms with Crippen LogP contribution in [0.5, 0.6) is 0 Å². The Morgan fingerprint density at radius 3 is 2.76 bits per heavy atom. The maximum absolute atomic E-state index is 12.5. The normalized spacial score (nSPS) is 14.7. The van der Waals surface area contributed by atoms with Crippen LogP contribution >= 0.6 is 0 Å². The van der Waals surface area contributed by atoms with Crippen molar-refractivity contribution in [2.24, 2.45) is 0 Å². The number of hydrogen-bond acceptors (Lipinski definition) is 3. The standard InChI is InChI=1S/C18H19NO2/c1-13(14-7-3-2-4-8-14)21-18(20)16-9-5-11-17-15(16)10-6-12-19-17/h2-5,7-9,11,13,19H,6,10,12H2,1H3. The van der Waals surface area contributed by atoms with Crippen LogP contribution in [-0.4, -0.2) is 12.5 Å². The van der Waals surface area contributed by atoms with Gasteiger partial charge in [-0.3, -0.25) is 0 Å². The number of ether oxygens (including phenoxy) is 1. The van der Waals surface area contributed by atoms with Crippen molar-refractivity contribution in [3.8, 4) is 0 Å². The van der Waals surface area contributed by atoms with Gasteiger partial charge in [0.2, 0.25) is 0 Å². The van der Waals surface area contributed by atoms with Gasteiger partial charge in [0.15, 0.2) is 0 Å². The Morgan fingerprint density at radius 1 is 1.14 bits per heavy atom. The molecule has 1 heterocycles. The average Bonchev–Trinajstić information content (AvgIpc) is 2.55. The number of carbonyl (C=O) groups is 1. The number of rotatable bonds is 3. The lowest BCUT2D eigenvalue weighted by atomic mass is 9.97. The van der Waals surface area contributed by atoms with Crippen LogP contribution in [0.25, 0.3) is 0 Å². The van der Waals surface area contributed by atoms with Crippen molar-refractivity contribution in [1.29, 1.82) is 0 Å². The van der Waals surface area contributed by atoms with E-state index in [9.17, 15) is 4.79 Å². The summed E-state index contributed by atoms with van der Waals surface area (Å²) in [4.78, 5) is 12.5. The molecule has 3 rings (SSSR count). The molecule has 0 spiro atoms. The van der Waals surface area contributed by atoms with Gasteiger partial charge in [-0.1, -0.05) is 36.4 Å². The highest BCUT2D eigenvalue weighted by atomic mass is 16.5. The Morgan fingerprint density at radius 2 is 1.95 bits per heavy atom. The van der Waals surface area contributed by atoms with Crippen molar-refractivity contribution in [3.05, 3.63) is 65.2 Å². The number of benzene rings is 2. The van der Waals surface area contributed by atoms with Gasteiger partial charge in [-0.15, -0.1) is 0 Å². The first-order valence-corrected chi connectivity index (χ1v) is 7.37. The van der Waals surface area contributed by atoms with Gasteiger partial charge >= 0.3 is 5.97 Å². The number of fused-ring (bicyclic) bond motifs is 1. The van der Waals surface area contributed by atoms with Crippen LogP contribution in [0.3, 0.4) is 0 Å². The molecule has 0 fully saturated rings. The predicted molar refractivity (Wildman–Crippen MR) is 83.5 cm³/mol. The molecule has 0 aliphatic carbocycles. The van der Waals surface area contributed by atoms with Gasteiger partial charge in [0.05, 0.1) is 5.56 Å². The summed E-state index contributed by atoms with van der Waals surface area (Å²) in [6.45, 7) is 2.87. The minimum absolute atomic E-state index is 0.244. The first kappa shape index (κ1) is 13.7. The topological polar surface area (TPSA) is 38.3 Å². The first-order valence-electron chi connectivity index (χ1n) is 7.37. The molecule has 0 radical (unpaired) electrons. The van der Waals surface area contributed by atoms with E-state index in [1.54, 1.807) is 0 Å². The summed E-state index contributed by atoms with van der Waals surface area (Å²) < 4.78 is 5.62. The molecule has 3 nitrogen and oxygen atoms in total. The molecular formula is C18H19NO2. The molecule has 0 aromatic heterocycles. The Hall–Kier alpha value is -2.29. The van der Waals surface area contributed by atoms with Crippen molar-refractivity contribution in [3.63, 3.8) is 0 Å². The Bertz CT molecular complexity index is 637. The van der Waals surface area contributed by atoms with Crippen LogP contribution in [0.4, 0.5) is 5.69 Å². The SMILES string of the molecule is CC(OC(=O)c1cccc2c1CCCN2)c1ccccc1. The lowest BCUT2D eigenvalue weighted by Crippen LogP contribution is -2.17. The number of hydrogen-bond donors (Lipinski definition) is 1. The second-order valence-electron chi connectivity index (χ2n) is 5.32. The zero-order valence-corrected chi connectivity index (χ0v) is 12.1. The molecule has 0 amide bonds. The van der Waals surface area contributed by atoms with Crippen LogP contribution in [0.15, 0.2) is 48.5 Å². The number of nitrogens with one attached hydrogen (secondary N) is 1. The minimum atomic E-state index is -0.244. The monoisotopic (exact) mass is 281 g/mol. The molecule has 1 N–H and O–H groups in total. The van der Waals surface area contributed by atoms with E-state index in [1.807, 2.05) is 55.5 Å². The molecule has 1 atom stereocenters. The predicted octanol–water partition coefficient (Wildman–Crippen LogP) is 3.96. The van der Waals surface area contributed by atoms with Gasteiger partial charge in [0.25, 0.3) is 0 Å². The van der Waals surface area contributed by atoms with Crippen LogP contribution < -0.4 is 5.32 Å². The lowest BCUT2D eigenvalue weighted by molar-refractivity contribution is 0.0336. The molecule has 2 aromatic carbocycles. The van der Waals surface area contributed by atoms with E-state index >= 15 is 0 Å². The van der Waals surface area contributed by atoms with Gasteiger partial charge < -0.3 is 10.1 Å². The molecule has 2 aromatic rings. The third kappa shape index (κ3) is 2.92. The van der Waals surface area contributed by atoms with Gasteiger partial charge in [-0.2, -0.15) is 0 Å². The summed E-state index contributed by atoms with van der Waals surface area (Å²) >= 11 is 0. The Kier molecular flexibility index (Phi) is 3.91. The summed E-state index contributed by atoms with van der Waals surface area (Å²) in [7, 11) is 0. The van der Waals surface area contributed by atoms with Crippen LogP contribution in [0, 0.1) is 0 Å². The summed E-state index contributed by atoms with van der Waals surface area (Å²) in [6, 6.07) is 15.6. The van der Waals surface area contributed by atoms with Crippen LogP contribution in [0.1, 0.15) is 40.9 Å². The summed E-state index contributed by atoms with van der Waals surface area (Å²) in [6.07, 6.45) is 1.73. The van der Waals surface area contributed by atoms with E-state index in [1.165, 1.54) is 0 Å². The molecule has 0 saturated heterocycles. The fraction of sp³-hybridized carbons (Fsp3) is 0.278. The Labute approximate surface area is 124 Å². The molecule has 1 aliphatic rings. The molecule has 3 heteroatoms. The van der Waals surface area contributed by atoms with Crippen LogP contribution in [-0.2, 0) is 11.2 Å². The maximum atomic E-state index is 12.5. The summed E-state index contributed by atoms with van der Waals surface area (Å²) in [5.74, 6) is -0.244. The molecule has 1 unspecified atom stereocenters. The van der Waals surface area contributed by atoms with Crippen molar-refractivity contribution < 1.29 is 9.53 Å². The van der Waals surface area contributed by atoms with Crippen molar-refractivity contribution in [1.82, 2.24) is 0 Å². The lowest BCUT2D eigenvalue weighted by Gasteiger charge is -2.21. The molecule has 1 aliphatic heterocycles. The third-order valence-corrected chi connectivity index (χ3v) is 3.87. The smallest absolute Gasteiger partial charge is 0.339 e. The molecule has 0 bridgehead atoms. The quantitative estimate of drug-likeness (QED) is 0.865. The van der Waals surface area contributed by atoms with E-state index in [4.69, 9.17) is 4.74 Å². The number of anilines is 1. The molecule has 0 saturated carbocycles. The van der Waals surface area contributed by atoms with E-state index in [-0.39, 0.29) is 12.1 Å². The third-order valence-electron chi connectivity index (χ3n) is 3.87. The van der Waals surface area contributed by atoms with Crippen molar-refractivity contribution in [2.75, 3.05) is 11.9 Å². The second-order valence-corrected chi connectivity index (χ2v) is 5.32. The van der Waals surface area contributed by atoms with E-state index in [0.717, 1.165) is 36.2 Å². The van der Waals surface area contributed by atoms with Crippen molar-refractivity contribution in [2.45, 2.75) is 25.9 Å². The van der Waals surface area contributed by atoms with Gasteiger partial charge in [-0.05, 0) is 43.0 Å². The first-order chi connectivity index (χ1) is 10.3. The van der Waals surface area contributed by atoms with E-state index in [0.29, 0.717) is 5.56 Å². The van der Waals surface area contributed by atoms with Gasteiger partial charge in [-0.25, -0.2) is 4.79 Å². The highest BCUT2D eigenvalue weighted by Crippen LogP contribution is 2.27. The highest BCUT2D eigenvalue weighted by molar-refractivity contribution is 5.93. The zero-order valence-electron chi connectivity index (χ0n) is 12.1. The maximum Gasteiger partial charge on any atom is 0.339 e. The molecular weight excluding hydrogens is 262 g/mol. The van der Waals surface area contributed by atoms with Crippen molar-refractivity contribution >= 4 is 11.7 Å². The average molecular weight is 281 g/mol. The summed E-state index contributed by atoms with van der Waals surface area (Å²) in [5, 5.41) is 3.34. The highest BCUT2D eigenvalue weighted by Gasteiger charge is 2.20. The second kappa shape index (κ2) is 6.00.